The first-order chi connectivity index (χ1) is 9.60. The molecule has 1 unspecified atom stereocenters. The van der Waals surface area contributed by atoms with E-state index >= 15 is 0 Å². The summed E-state index contributed by atoms with van der Waals surface area (Å²) in [5, 5.41) is 3.75. The summed E-state index contributed by atoms with van der Waals surface area (Å²) in [6, 6.07) is 5.37. The molecule has 118 valence electrons. The fourth-order valence-corrected chi connectivity index (χ4v) is 2.79. The molecule has 0 radical (unpaired) electrons. The second kappa shape index (κ2) is 8.81. The number of carbonyl (C=O) groups excluding carboxylic acids is 1. The molecule has 1 aliphatic heterocycles. The minimum Gasteiger partial charge on any atom is -0.329 e. The van der Waals surface area contributed by atoms with Crippen molar-refractivity contribution < 1.29 is 4.79 Å². The Morgan fingerprint density at radius 1 is 1.33 bits per heavy atom. The fourth-order valence-electron chi connectivity index (χ4n) is 2.49. The van der Waals surface area contributed by atoms with E-state index in [4.69, 9.17) is 28.9 Å². The van der Waals surface area contributed by atoms with Gasteiger partial charge in [0.15, 0.2) is 0 Å². The highest BCUT2D eigenvalue weighted by molar-refractivity contribution is 6.42. The average Bonchev–Trinajstić information content (AvgIpc) is 2.43. The lowest BCUT2D eigenvalue weighted by atomic mass is 10.0. The van der Waals surface area contributed by atoms with Crippen LogP contribution in [0.15, 0.2) is 18.2 Å². The van der Waals surface area contributed by atoms with Crippen molar-refractivity contribution >= 4 is 47.2 Å². The molecule has 1 amide bonds. The van der Waals surface area contributed by atoms with Crippen LogP contribution in [0, 0.1) is 0 Å². The number of rotatable bonds is 4. The summed E-state index contributed by atoms with van der Waals surface area (Å²) in [7, 11) is 0. The van der Waals surface area contributed by atoms with Gasteiger partial charge in [-0.05, 0) is 37.6 Å². The SMILES string of the molecule is Cl.NCC1CCCCN1CC(=O)Nc1ccc(Cl)c(Cl)c1. The summed E-state index contributed by atoms with van der Waals surface area (Å²) in [5.41, 5.74) is 6.41. The Balaban J connectivity index is 0.00000220. The van der Waals surface area contributed by atoms with Crippen LogP contribution in [0.3, 0.4) is 0 Å². The largest absolute Gasteiger partial charge is 0.329 e. The van der Waals surface area contributed by atoms with Crippen molar-refractivity contribution in [3.63, 3.8) is 0 Å². The normalized spacial score (nSPS) is 18.9. The van der Waals surface area contributed by atoms with E-state index < -0.39 is 0 Å². The number of anilines is 1. The van der Waals surface area contributed by atoms with Crippen molar-refractivity contribution in [3.8, 4) is 0 Å². The molecule has 1 fully saturated rings. The van der Waals surface area contributed by atoms with E-state index in [1.807, 2.05) is 0 Å². The van der Waals surface area contributed by atoms with Crippen molar-refractivity contribution in [2.75, 3.05) is 25.0 Å². The van der Waals surface area contributed by atoms with Crippen LogP contribution in [-0.2, 0) is 4.79 Å². The third-order valence-electron chi connectivity index (χ3n) is 3.57. The minimum absolute atomic E-state index is 0. The van der Waals surface area contributed by atoms with E-state index in [0.29, 0.717) is 34.9 Å². The molecule has 21 heavy (non-hydrogen) atoms. The van der Waals surface area contributed by atoms with Crippen molar-refractivity contribution in [1.29, 1.82) is 0 Å². The fraction of sp³-hybridized carbons (Fsp3) is 0.500. The molecule has 7 heteroatoms. The number of piperidine rings is 1. The van der Waals surface area contributed by atoms with Gasteiger partial charge in [-0.3, -0.25) is 9.69 Å². The smallest absolute Gasteiger partial charge is 0.238 e. The molecule has 1 atom stereocenters. The van der Waals surface area contributed by atoms with Crippen LogP contribution in [0.4, 0.5) is 5.69 Å². The van der Waals surface area contributed by atoms with E-state index in [0.717, 1.165) is 19.4 Å². The van der Waals surface area contributed by atoms with E-state index in [9.17, 15) is 4.79 Å². The van der Waals surface area contributed by atoms with Gasteiger partial charge in [-0.2, -0.15) is 0 Å². The lowest BCUT2D eigenvalue weighted by Gasteiger charge is -2.34. The monoisotopic (exact) mass is 351 g/mol. The maximum absolute atomic E-state index is 12.1. The number of nitrogens with zero attached hydrogens (tertiary/aromatic N) is 1. The zero-order valence-electron chi connectivity index (χ0n) is 11.6. The Bertz CT molecular complexity index is 485. The van der Waals surface area contributed by atoms with Crippen molar-refractivity contribution in [2.24, 2.45) is 5.73 Å². The maximum atomic E-state index is 12.1. The standard InChI is InChI=1S/C14H19Cl2N3O.ClH/c15-12-5-4-10(7-13(12)16)18-14(20)9-19-6-2-1-3-11(19)8-17;/h4-5,7,11H,1-3,6,8-9,17H2,(H,18,20);1H. The predicted octanol–water partition coefficient (Wildman–Crippen LogP) is 3.17. The Morgan fingerprint density at radius 3 is 2.76 bits per heavy atom. The van der Waals surface area contributed by atoms with Crippen molar-refractivity contribution in [3.05, 3.63) is 28.2 Å². The van der Waals surface area contributed by atoms with Gasteiger partial charge in [0, 0.05) is 18.3 Å². The number of carbonyl (C=O) groups is 1. The maximum Gasteiger partial charge on any atom is 0.238 e. The third-order valence-corrected chi connectivity index (χ3v) is 4.31. The zero-order valence-corrected chi connectivity index (χ0v) is 14.0. The third kappa shape index (κ3) is 5.31. The molecule has 4 nitrogen and oxygen atoms in total. The summed E-state index contributed by atoms with van der Waals surface area (Å²) in [6.07, 6.45) is 3.37. The highest BCUT2D eigenvalue weighted by Crippen LogP contribution is 2.25. The summed E-state index contributed by atoms with van der Waals surface area (Å²) < 4.78 is 0. The average molecular weight is 353 g/mol. The number of likely N-dealkylation sites (tertiary alicyclic amines) is 1. The topological polar surface area (TPSA) is 58.4 Å². The minimum atomic E-state index is -0.0521. The van der Waals surface area contributed by atoms with Crippen LogP contribution in [0.1, 0.15) is 19.3 Å². The van der Waals surface area contributed by atoms with E-state index in [1.54, 1.807) is 18.2 Å². The Morgan fingerprint density at radius 2 is 2.10 bits per heavy atom. The summed E-state index contributed by atoms with van der Waals surface area (Å²) >= 11 is 11.8. The van der Waals surface area contributed by atoms with Crippen LogP contribution in [0.2, 0.25) is 10.0 Å². The molecular formula is C14H20Cl3N3O. The number of nitrogens with two attached hydrogens (primary N) is 1. The molecule has 1 aromatic carbocycles. The molecule has 2 rings (SSSR count). The van der Waals surface area contributed by atoms with Gasteiger partial charge in [0.25, 0.3) is 0 Å². The van der Waals surface area contributed by atoms with E-state index in [2.05, 4.69) is 10.2 Å². The summed E-state index contributed by atoms with van der Waals surface area (Å²) in [4.78, 5) is 14.2. The highest BCUT2D eigenvalue weighted by atomic mass is 35.5. The first-order valence-corrected chi connectivity index (χ1v) is 7.55. The molecule has 0 bridgehead atoms. The predicted molar refractivity (Wildman–Crippen MR) is 90.6 cm³/mol. The Hall–Kier alpha value is -0.520. The lowest BCUT2D eigenvalue weighted by Crippen LogP contribution is -2.47. The number of halogens is 3. The van der Waals surface area contributed by atoms with Crippen molar-refractivity contribution in [2.45, 2.75) is 25.3 Å². The molecular weight excluding hydrogens is 333 g/mol. The first-order valence-electron chi connectivity index (χ1n) is 6.79. The number of hydrogen-bond acceptors (Lipinski definition) is 3. The van der Waals surface area contributed by atoms with Crippen molar-refractivity contribution in [1.82, 2.24) is 4.90 Å². The van der Waals surface area contributed by atoms with Crippen LogP contribution in [0.25, 0.3) is 0 Å². The molecule has 0 spiro atoms. The number of benzene rings is 1. The Labute approximate surface area is 141 Å². The molecule has 0 aromatic heterocycles. The Kier molecular flexibility index (Phi) is 7.77. The van der Waals surface area contributed by atoms with Crippen LogP contribution in [-0.4, -0.2) is 36.5 Å². The van der Waals surface area contributed by atoms with Gasteiger partial charge in [0.2, 0.25) is 5.91 Å². The van der Waals surface area contributed by atoms with E-state index in [1.165, 1.54) is 6.42 Å². The molecule has 1 aliphatic rings. The van der Waals surface area contributed by atoms with Gasteiger partial charge >= 0.3 is 0 Å². The second-order valence-electron chi connectivity index (χ2n) is 5.03. The van der Waals surface area contributed by atoms with Crippen LogP contribution in [0.5, 0.6) is 0 Å². The van der Waals surface area contributed by atoms with Crippen LogP contribution < -0.4 is 11.1 Å². The molecule has 3 N–H and O–H groups in total. The van der Waals surface area contributed by atoms with Gasteiger partial charge in [0.05, 0.1) is 16.6 Å². The first kappa shape index (κ1) is 18.5. The molecule has 1 heterocycles. The molecule has 1 aromatic rings. The summed E-state index contributed by atoms with van der Waals surface area (Å²) in [6.45, 7) is 1.89. The van der Waals surface area contributed by atoms with Gasteiger partial charge in [-0.1, -0.05) is 29.6 Å². The molecule has 0 aliphatic carbocycles. The molecule has 1 saturated heterocycles. The zero-order chi connectivity index (χ0) is 14.5. The van der Waals surface area contributed by atoms with Crippen LogP contribution >= 0.6 is 35.6 Å². The summed E-state index contributed by atoms with van der Waals surface area (Å²) in [5.74, 6) is -0.0521. The van der Waals surface area contributed by atoms with Gasteiger partial charge in [-0.25, -0.2) is 0 Å². The van der Waals surface area contributed by atoms with Gasteiger partial charge < -0.3 is 11.1 Å². The highest BCUT2D eigenvalue weighted by Gasteiger charge is 2.22. The van der Waals surface area contributed by atoms with Gasteiger partial charge in [0.1, 0.15) is 0 Å². The quantitative estimate of drug-likeness (QED) is 0.875. The molecule has 0 saturated carbocycles. The van der Waals surface area contributed by atoms with Gasteiger partial charge in [-0.15, -0.1) is 12.4 Å². The van der Waals surface area contributed by atoms with E-state index in [-0.39, 0.29) is 18.3 Å². The number of amides is 1. The second-order valence-corrected chi connectivity index (χ2v) is 5.85. The number of hydrogen-bond donors (Lipinski definition) is 2. The number of nitrogens with one attached hydrogen (secondary N) is 1. The lowest BCUT2D eigenvalue weighted by molar-refractivity contribution is -0.118.